The zero-order valence-corrected chi connectivity index (χ0v) is 12.5. The van der Waals surface area contributed by atoms with Crippen molar-refractivity contribution in [2.75, 3.05) is 25.6 Å². The van der Waals surface area contributed by atoms with Gasteiger partial charge in [-0.1, -0.05) is 6.07 Å². The largest absolute Gasteiger partial charge is 0.385 e. The van der Waals surface area contributed by atoms with Crippen LogP contribution in [0, 0.1) is 16.7 Å². The number of amides is 2. The van der Waals surface area contributed by atoms with E-state index >= 15 is 0 Å². The van der Waals surface area contributed by atoms with E-state index in [0.717, 1.165) is 0 Å². The number of hydrogen-bond acceptors (Lipinski definition) is 4. The maximum Gasteiger partial charge on any atom is 0.240 e. The molecule has 1 saturated carbocycles. The van der Waals surface area contributed by atoms with Gasteiger partial charge in [0.1, 0.15) is 5.41 Å². The molecule has 0 saturated heterocycles. The van der Waals surface area contributed by atoms with Crippen molar-refractivity contribution >= 4 is 17.5 Å². The minimum Gasteiger partial charge on any atom is -0.385 e. The molecule has 6 nitrogen and oxygen atoms in total. The molecule has 0 aliphatic heterocycles. The van der Waals surface area contributed by atoms with E-state index in [1.165, 1.54) is 0 Å². The van der Waals surface area contributed by atoms with E-state index in [-0.39, 0.29) is 11.8 Å². The molecule has 22 heavy (non-hydrogen) atoms. The highest BCUT2D eigenvalue weighted by Gasteiger charge is 2.56. The van der Waals surface area contributed by atoms with Crippen molar-refractivity contribution in [2.45, 2.75) is 19.3 Å². The number of rotatable bonds is 7. The van der Waals surface area contributed by atoms with E-state index in [1.54, 1.807) is 31.4 Å². The molecule has 1 aliphatic carbocycles. The Morgan fingerprint density at radius 3 is 2.77 bits per heavy atom. The van der Waals surface area contributed by atoms with Crippen LogP contribution in [0.2, 0.25) is 0 Å². The number of nitrogens with one attached hydrogen (secondary N) is 2. The number of carbonyl (C=O) groups is 2. The highest BCUT2D eigenvalue weighted by molar-refractivity contribution is 6.13. The fourth-order valence-electron chi connectivity index (χ4n) is 2.19. The average molecular weight is 301 g/mol. The summed E-state index contributed by atoms with van der Waals surface area (Å²) in [7, 11) is 1.60. The van der Waals surface area contributed by atoms with Crippen molar-refractivity contribution in [2.24, 2.45) is 5.41 Å². The third-order valence-electron chi connectivity index (χ3n) is 3.68. The lowest BCUT2D eigenvalue weighted by Gasteiger charge is -2.15. The van der Waals surface area contributed by atoms with Crippen LogP contribution < -0.4 is 10.6 Å². The van der Waals surface area contributed by atoms with Crippen LogP contribution in [0.3, 0.4) is 0 Å². The number of anilines is 1. The van der Waals surface area contributed by atoms with Crippen molar-refractivity contribution in [3.63, 3.8) is 0 Å². The smallest absolute Gasteiger partial charge is 0.240 e. The molecule has 1 aliphatic rings. The highest BCUT2D eigenvalue weighted by atomic mass is 16.5. The molecule has 1 aromatic rings. The molecule has 0 radical (unpaired) electrons. The number of ether oxygens (including phenoxy) is 1. The van der Waals surface area contributed by atoms with Gasteiger partial charge in [0.25, 0.3) is 0 Å². The number of hydrogen-bond donors (Lipinski definition) is 2. The molecule has 6 heteroatoms. The Balaban J connectivity index is 1.93. The quantitative estimate of drug-likeness (QED) is 0.589. The monoisotopic (exact) mass is 301 g/mol. The molecule has 2 amide bonds. The van der Waals surface area contributed by atoms with Gasteiger partial charge in [-0.2, -0.15) is 5.26 Å². The molecule has 0 heterocycles. The molecule has 2 N–H and O–H groups in total. The summed E-state index contributed by atoms with van der Waals surface area (Å²) in [5.74, 6) is -0.552. The predicted molar refractivity (Wildman–Crippen MR) is 81.0 cm³/mol. The van der Waals surface area contributed by atoms with Crippen LogP contribution in [-0.4, -0.2) is 32.1 Å². The van der Waals surface area contributed by atoms with Crippen LogP contribution in [0.4, 0.5) is 5.69 Å². The van der Waals surface area contributed by atoms with Crippen LogP contribution in [0.5, 0.6) is 0 Å². The Hall–Kier alpha value is -2.39. The highest BCUT2D eigenvalue weighted by Crippen LogP contribution is 2.46. The fourth-order valence-corrected chi connectivity index (χ4v) is 2.19. The molecule has 0 unspecified atom stereocenters. The number of nitrogens with zero attached hydrogens (tertiary/aromatic N) is 1. The lowest BCUT2D eigenvalue weighted by molar-refractivity contribution is -0.134. The SMILES string of the molecule is COCCCNC(=O)C1(C(=O)Nc2cccc(C#N)c2)CC1. The van der Waals surface area contributed by atoms with E-state index in [9.17, 15) is 9.59 Å². The van der Waals surface area contributed by atoms with Gasteiger partial charge >= 0.3 is 0 Å². The fraction of sp³-hybridized carbons (Fsp3) is 0.438. The molecule has 1 fully saturated rings. The Morgan fingerprint density at radius 1 is 1.36 bits per heavy atom. The maximum atomic E-state index is 12.3. The topological polar surface area (TPSA) is 91.2 Å². The van der Waals surface area contributed by atoms with Crippen molar-refractivity contribution < 1.29 is 14.3 Å². The summed E-state index contributed by atoms with van der Waals surface area (Å²) in [6.45, 7) is 1.06. The zero-order chi connectivity index (χ0) is 16.0. The normalized spacial score (nSPS) is 14.7. The van der Waals surface area contributed by atoms with Gasteiger partial charge in [-0.25, -0.2) is 0 Å². The molecule has 116 valence electrons. The van der Waals surface area contributed by atoms with Crippen molar-refractivity contribution in [1.29, 1.82) is 5.26 Å². The third kappa shape index (κ3) is 3.62. The summed E-state index contributed by atoms with van der Waals surface area (Å²) in [5, 5.41) is 14.4. The average Bonchev–Trinajstić information content (AvgIpc) is 3.33. The summed E-state index contributed by atoms with van der Waals surface area (Å²) < 4.78 is 4.92. The second kappa shape index (κ2) is 7.05. The molecule has 0 aromatic heterocycles. The first-order chi connectivity index (χ1) is 10.6. The van der Waals surface area contributed by atoms with E-state index in [4.69, 9.17) is 10.00 Å². The minimum atomic E-state index is -0.963. The van der Waals surface area contributed by atoms with E-state index < -0.39 is 5.41 Å². The second-order valence-corrected chi connectivity index (χ2v) is 5.33. The van der Waals surface area contributed by atoms with Crippen molar-refractivity contribution in [3.05, 3.63) is 29.8 Å². The van der Waals surface area contributed by atoms with Gasteiger partial charge in [-0.3, -0.25) is 9.59 Å². The number of methoxy groups -OCH3 is 1. The number of benzene rings is 1. The first kappa shape index (κ1) is 16.0. The zero-order valence-electron chi connectivity index (χ0n) is 12.5. The molecule has 2 rings (SSSR count). The molecular weight excluding hydrogens is 282 g/mol. The Kier molecular flexibility index (Phi) is 5.12. The molecule has 0 atom stereocenters. The van der Waals surface area contributed by atoms with Gasteiger partial charge < -0.3 is 15.4 Å². The summed E-state index contributed by atoms with van der Waals surface area (Å²) in [6, 6.07) is 8.65. The first-order valence-electron chi connectivity index (χ1n) is 7.21. The van der Waals surface area contributed by atoms with Crippen LogP contribution in [0.15, 0.2) is 24.3 Å². The third-order valence-corrected chi connectivity index (χ3v) is 3.68. The maximum absolute atomic E-state index is 12.3. The van der Waals surface area contributed by atoms with Crippen LogP contribution in [0.1, 0.15) is 24.8 Å². The van der Waals surface area contributed by atoms with Crippen LogP contribution in [-0.2, 0) is 14.3 Å². The van der Waals surface area contributed by atoms with Gasteiger partial charge in [-0.15, -0.1) is 0 Å². The van der Waals surface area contributed by atoms with Crippen molar-refractivity contribution in [3.8, 4) is 6.07 Å². The van der Waals surface area contributed by atoms with E-state index in [1.807, 2.05) is 6.07 Å². The van der Waals surface area contributed by atoms with Crippen LogP contribution in [0.25, 0.3) is 0 Å². The summed E-state index contributed by atoms with van der Waals surface area (Å²) in [6.07, 6.45) is 1.81. The first-order valence-corrected chi connectivity index (χ1v) is 7.21. The number of carbonyl (C=O) groups excluding carboxylic acids is 2. The van der Waals surface area contributed by atoms with Gasteiger partial charge in [0.2, 0.25) is 11.8 Å². The number of nitriles is 1. The summed E-state index contributed by atoms with van der Waals surface area (Å²) in [4.78, 5) is 24.5. The van der Waals surface area contributed by atoms with Gasteiger partial charge in [0, 0.05) is 25.9 Å². The van der Waals surface area contributed by atoms with Crippen molar-refractivity contribution in [1.82, 2.24) is 5.32 Å². The van der Waals surface area contributed by atoms with E-state index in [2.05, 4.69) is 10.6 Å². The predicted octanol–water partition coefficient (Wildman–Crippen LogP) is 1.43. The van der Waals surface area contributed by atoms with Gasteiger partial charge in [-0.05, 0) is 37.5 Å². The molecule has 0 spiro atoms. The van der Waals surface area contributed by atoms with Gasteiger partial charge in [0.15, 0.2) is 0 Å². The lowest BCUT2D eigenvalue weighted by atomic mass is 10.0. The second-order valence-electron chi connectivity index (χ2n) is 5.33. The van der Waals surface area contributed by atoms with Gasteiger partial charge in [0.05, 0.1) is 11.6 Å². The molecule has 0 bridgehead atoms. The Labute approximate surface area is 129 Å². The lowest BCUT2D eigenvalue weighted by Crippen LogP contribution is -2.40. The summed E-state index contributed by atoms with van der Waals surface area (Å²) in [5.41, 5.74) is 0.0320. The Morgan fingerprint density at radius 2 is 2.14 bits per heavy atom. The molecular formula is C16H19N3O3. The molecule has 1 aromatic carbocycles. The Bertz CT molecular complexity index is 603. The minimum absolute atomic E-state index is 0.238. The standard InChI is InChI=1S/C16H19N3O3/c1-22-9-3-8-18-14(20)16(6-7-16)15(21)19-13-5-2-4-12(10-13)11-17/h2,4-5,10H,3,6-9H2,1H3,(H,18,20)(H,19,21). The summed E-state index contributed by atoms with van der Waals surface area (Å²) >= 11 is 0. The van der Waals surface area contributed by atoms with E-state index in [0.29, 0.717) is 43.7 Å². The van der Waals surface area contributed by atoms with Crippen LogP contribution >= 0.6 is 0 Å².